The van der Waals surface area contributed by atoms with Crippen LogP contribution in [0.4, 0.5) is 11.6 Å². The first kappa shape index (κ1) is 22.7. The molecule has 1 amide bonds. The van der Waals surface area contributed by atoms with Crippen LogP contribution >= 0.6 is 0 Å². The summed E-state index contributed by atoms with van der Waals surface area (Å²) >= 11 is 0. The third-order valence-electron chi connectivity index (χ3n) is 6.35. The molecule has 5 rings (SSSR count). The molecule has 0 radical (unpaired) electrons. The van der Waals surface area contributed by atoms with Gasteiger partial charge in [-0.25, -0.2) is 4.98 Å². The molecule has 1 aliphatic rings. The van der Waals surface area contributed by atoms with E-state index in [1.807, 2.05) is 81.4 Å². The van der Waals surface area contributed by atoms with Crippen LogP contribution in [0.15, 0.2) is 78.0 Å². The molecule has 178 valence electrons. The first-order valence-electron chi connectivity index (χ1n) is 12.0. The summed E-state index contributed by atoms with van der Waals surface area (Å²) in [6, 6.07) is 21.7. The number of carbonyl (C=O) groups is 1. The van der Waals surface area contributed by atoms with Crippen molar-refractivity contribution in [3.05, 3.63) is 94.7 Å². The summed E-state index contributed by atoms with van der Waals surface area (Å²) in [6.45, 7) is 8.72. The second-order valence-electron chi connectivity index (χ2n) is 9.05. The van der Waals surface area contributed by atoms with Crippen molar-refractivity contribution in [2.75, 3.05) is 17.2 Å². The van der Waals surface area contributed by atoms with E-state index < -0.39 is 0 Å². The number of ether oxygens (including phenoxy) is 1. The van der Waals surface area contributed by atoms with Gasteiger partial charge in [0, 0.05) is 11.4 Å². The Hall–Kier alpha value is -4.06. The molecule has 0 fully saturated rings. The Morgan fingerprint density at radius 1 is 1.06 bits per heavy atom. The Morgan fingerprint density at radius 3 is 2.69 bits per heavy atom. The zero-order valence-corrected chi connectivity index (χ0v) is 20.6. The lowest BCUT2D eigenvalue weighted by Crippen LogP contribution is -2.31. The van der Waals surface area contributed by atoms with Gasteiger partial charge >= 0.3 is 0 Å². The highest BCUT2D eigenvalue weighted by Crippen LogP contribution is 2.40. The standard InChI is InChI=1S/C29H30N4O2/c1-5-15-35-22-10-8-9-21(17-22)27-26(28(34)31-23-14-13-18(2)16-19(23)3)20(4)30-29-32-24-11-6-7-12-25(24)33(27)29/h6-14,16-17,27H,5,15H2,1-4H3,(H,30,32)(H,31,34). The molecule has 6 nitrogen and oxygen atoms in total. The predicted octanol–water partition coefficient (Wildman–Crippen LogP) is 6.37. The zero-order chi connectivity index (χ0) is 24.5. The molecular formula is C29H30N4O2. The number of rotatable bonds is 6. The van der Waals surface area contributed by atoms with Gasteiger partial charge in [-0.3, -0.25) is 9.36 Å². The van der Waals surface area contributed by atoms with Crippen molar-refractivity contribution in [2.45, 2.75) is 40.2 Å². The summed E-state index contributed by atoms with van der Waals surface area (Å²) in [5.41, 5.74) is 7.22. The number of benzene rings is 3. The largest absolute Gasteiger partial charge is 0.494 e. The summed E-state index contributed by atoms with van der Waals surface area (Å²) < 4.78 is 8.04. The van der Waals surface area contributed by atoms with Crippen molar-refractivity contribution >= 4 is 28.6 Å². The van der Waals surface area contributed by atoms with Crippen LogP contribution in [0, 0.1) is 13.8 Å². The second kappa shape index (κ2) is 9.29. The van der Waals surface area contributed by atoms with Gasteiger partial charge in [-0.2, -0.15) is 0 Å². The number of allylic oxidation sites excluding steroid dienone is 1. The van der Waals surface area contributed by atoms with Gasteiger partial charge in [0.2, 0.25) is 5.95 Å². The number of hydrogen-bond donors (Lipinski definition) is 2. The Labute approximate surface area is 205 Å². The van der Waals surface area contributed by atoms with E-state index >= 15 is 0 Å². The summed E-state index contributed by atoms with van der Waals surface area (Å²) in [5, 5.41) is 6.53. The first-order chi connectivity index (χ1) is 17.0. The summed E-state index contributed by atoms with van der Waals surface area (Å²) in [4.78, 5) is 18.7. The second-order valence-corrected chi connectivity index (χ2v) is 9.05. The quantitative estimate of drug-likeness (QED) is 0.346. The van der Waals surface area contributed by atoms with E-state index in [9.17, 15) is 4.79 Å². The number of anilines is 2. The molecule has 2 N–H and O–H groups in total. The normalized spacial score (nSPS) is 15.0. The highest BCUT2D eigenvalue weighted by Gasteiger charge is 2.34. The van der Waals surface area contributed by atoms with Gasteiger partial charge in [-0.1, -0.05) is 48.9 Å². The van der Waals surface area contributed by atoms with Gasteiger partial charge in [0.25, 0.3) is 5.91 Å². The molecule has 1 unspecified atom stereocenters. The average Bonchev–Trinajstić information content (AvgIpc) is 3.21. The molecule has 1 aromatic heterocycles. The average molecular weight is 467 g/mol. The van der Waals surface area contributed by atoms with Crippen LogP contribution in [0.5, 0.6) is 5.75 Å². The molecule has 0 spiro atoms. The van der Waals surface area contributed by atoms with Gasteiger partial charge in [-0.05, 0) is 68.7 Å². The van der Waals surface area contributed by atoms with Crippen LogP contribution in [-0.4, -0.2) is 22.1 Å². The Bertz CT molecular complexity index is 1450. The van der Waals surface area contributed by atoms with Crippen LogP contribution in [0.25, 0.3) is 11.0 Å². The van der Waals surface area contributed by atoms with Crippen LogP contribution < -0.4 is 15.4 Å². The van der Waals surface area contributed by atoms with Gasteiger partial charge in [0.15, 0.2) is 0 Å². The number of nitrogens with zero attached hydrogens (tertiary/aromatic N) is 2. The third kappa shape index (κ3) is 4.28. The fourth-order valence-corrected chi connectivity index (χ4v) is 4.71. The number of nitrogens with one attached hydrogen (secondary N) is 2. The minimum atomic E-state index is -0.366. The lowest BCUT2D eigenvalue weighted by atomic mass is 9.94. The summed E-state index contributed by atoms with van der Waals surface area (Å²) in [6.07, 6.45) is 0.927. The molecule has 1 atom stereocenters. The van der Waals surface area contributed by atoms with Crippen LogP contribution in [0.1, 0.15) is 43.0 Å². The number of fused-ring (bicyclic) bond motifs is 3. The maximum absolute atomic E-state index is 13.8. The number of amides is 1. The number of para-hydroxylation sites is 2. The minimum absolute atomic E-state index is 0.143. The van der Waals surface area contributed by atoms with Gasteiger partial charge in [-0.15, -0.1) is 0 Å². The van der Waals surface area contributed by atoms with Gasteiger partial charge in [0.1, 0.15) is 5.75 Å². The van der Waals surface area contributed by atoms with Crippen molar-refractivity contribution in [3.8, 4) is 5.75 Å². The molecular weight excluding hydrogens is 436 g/mol. The van der Waals surface area contributed by atoms with E-state index in [0.29, 0.717) is 12.2 Å². The monoisotopic (exact) mass is 466 g/mol. The van der Waals surface area contributed by atoms with E-state index in [2.05, 4.69) is 28.2 Å². The smallest absolute Gasteiger partial charge is 0.255 e. The molecule has 1 aliphatic heterocycles. The molecule has 35 heavy (non-hydrogen) atoms. The maximum atomic E-state index is 13.8. The molecule has 4 aromatic rings. The maximum Gasteiger partial charge on any atom is 0.255 e. The fraction of sp³-hybridized carbons (Fsp3) is 0.241. The van der Waals surface area contributed by atoms with Crippen LogP contribution in [0.2, 0.25) is 0 Å². The molecule has 6 heteroatoms. The SMILES string of the molecule is CCCOc1cccc(C2C(C(=O)Nc3ccc(C)cc3C)=C(C)Nc3nc4ccccc4n32)c1. The van der Waals surface area contributed by atoms with Crippen molar-refractivity contribution in [3.63, 3.8) is 0 Å². The number of aromatic nitrogens is 2. The van der Waals surface area contributed by atoms with Gasteiger partial charge in [0.05, 0.1) is 29.3 Å². The highest BCUT2D eigenvalue weighted by molar-refractivity contribution is 6.06. The number of imidazole rings is 1. The Morgan fingerprint density at radius 2 is 1.89 bits per heavy atom. The molecule has 2 heterocycles. The van der Waals surface area contributed by atoms with Gasteiger partial charge < -0.3 is 15.4 Å². The Kier molecular flexibility index (Phi) is 6.03. The number of aryl methyl sites for hydroxylation is 2. The lowest BCUT2D eigenvalue weighted by Gasteiger charge is -2.31. The minimum Gasteiger partial charge on any atom is -0.494 e. The predicted molar refractivity (Wildman–Crippen MR) is 141 cm³/mol. The van der Waals surface area contributed by atoms with Crippen molar-refractivity contribution in [1.82, 2.24) is 9.55 Å². The van der Waals surface area contributed by atoms with E-state index in [-0.39, 0.29) is 11.9 Å². The number of hydrogen-bond acceptors (Lipinski definition) is 4. The Balaban J connectivity index is 1.64. The lowest BCUT2D eigenvalue weighted by molar-refractivity contribution is -0.113. The van der Waals surface area contributed by atoms with Crippen molar-refractivity contribution < 1.29 is 9.53 Å². The topological polar surface area (TPSA) is 68.2 Å². The molecule has 0 saturated carbocycles. The van der Waals surface area contributed by atoms with E-state index in [1.165, 1.54) is 0 Å². The molecule has 0 bridgehead atoms. The van der Waals surface area contributed by atoms with Crippen molar-refractivity contribution in [2.24, 2.45) is 0 Å². The van der Waals surface area contributed by atoms with Crippen LogP contribution in [0.3, 0.4) is 0 Å². The van der Waals surface area contributed by atoms with E-state index in [4.69, 9.17) is 9.72 Å². The first-order valence-corrected chi connectivity index (χ1v) is 12.0. The summed E-state index contributed by atoms with van der Waals surface area (Å²) in [5.74, 6) is 1.37. The van der Waals surface area contributed by atoms with Crippen LogP contribution in [-0.2, 0) is 4.79 Å². The number of carbonyl (C=O) groups excluding carboxylic acids is 1. The zero-order valence-electron chi connectivity index (χ0n) is 20.6. The third-order valence-corrected chi connectivity index (χ3v) is 6.35. The molecule has 3 aromatic carbocycles. The van der Waals surface area contributed by atoms with E-state index in [1.54, 1.807) is 0 Å². The van der Waals surface area contributed by atoms with E-state index in [0.717, 1.165) is 57.2 Å². The summed E-state index contributed by atoms with van der Waals surface area (Å²) in [7, 11) is 0. The highest BCUT2D eigenvalue weighted by atomic mass is 16.5. The fourth-order valence-electron chi connectivity index (χ4n) is 4.71. The molecule has 0 saturated heterocycles. The molecule has 0 aliphatic carbocycles. The van der Waals surface area contributed by atoms with Crippen molar-refractivity contribution in [1.29, 1.82) is 0 Å².